The summed E-state index contributed by atoms with van der Waals surface area (Å²) < 4.78 is 11.3. The summed E-state index contributed by atoms with van der Waals surface area (Å²) in [6.07, 6.45) is 0. The molecule has 0 saturated heterocycles. The molecule has 8 nitrogen and oxygen atoms in total. The van der Waals surface area contributed by atoms with Gasteiger partial charge in [0.2, 0.25) is 0 Å². The largest absolute Gasteiger partial charge is 1.00 e. The number of carbonyl (C=O) groups excluding carboxylic acids is 2. The molecule has 0 aliphatic carbocycles. The summed E-state index contributed by atoms with van der Waals surface area (Å²) in [4.78, 5) is 28.7. The molecule has 33 heavy (non-hydrogen) atoms. The topological polar surface area (TPSA) is 97.8 Å². The van der Waals surface area contributed by atoms with Crippen LogP contribution in [-0.4, -0.2) is 60.7 Å². The SMILES string of the molecule is CCOC(=O)CNC(=O)c1nc(C[N+](C)(C)C)c2cc(Oc3ccccc3)ccc2c1O.[I-]. The third kappa shape index (κ3) is 7.03. The van der Waals surface area contributed by atoms with Crippen LogP contribution >= 0.6 is 0 Å². The van der Waals surface area contributed by atoms with Gasteiger partial charge in [-0.3, -0.25) is 9.59 Å². The number of aromatic nitrogens is 1. The van der Waals surface area contributed by atoms with Crippen LogP contribution in [0.3, 0.4) is 0 Å². The molecule has 0 fully saturated rings. The molecule has 0 spiro atoms. The lowest BCUT2D eigenvalue weighted by Gasteiger charge is -2.24. The molecule has 9 heteroatoms. The van der Waals surface area contributed by atoms with E-state index in [1.165, 1.54) is 0 Å². The Hall–Kier alpha value is -2.92. The van der Waals surface area contributed by atoms with Crippen molar-refractivity contribution >= 4 is 22.6 Å². The highest BCUT2D eigenvalue weighted by Gasteiger charge is 2.23. The average molecular weight is 565 g/mol. The van der Waals surface area contributed by atoms with Gasteiger partial charge in [-0.1, -0.05) is 18.2 Å². The van der Waals surface area contributed by atoms with Crippen LogP contribution in [0.1, 0.15) is 23.1 Å². The summed E-state index contributed by atoms with van der Waals surface area (Å²) >= 11 is 0. The Labute approximate surface area is 210 Å². The number of rotatable bonds is 8. The van der Waals surface area contributed by atoms with Crippen LogP contribution in [0.2, 0.25) is 0 Å². The summed E-state index contributed by atoms with van der Waals surface area (Å²) in [5.74, 6) is -0.183. The van der Waals surface area contributed by atoms with E-state index in [0.29, 0.717) is 39.0 Å². The zero-order chi connectivity index (χ0) is 23.3. The molecular formula is C24H28IN3O5. The standard InChI is InChI=1S/C24H27N3O5.HI/c1-5-31-21(28)14-25-24(30)22-23(29)18-12-11-17(32-16-9-7-6-8-10-16)13-19(18)20(26-22)15-27(2,3)4;/h6-13H,5,14-15H2,1-4H3,(H-,25,29,30);1H. The molecule has 2 N–H and O–H groups in total. The minimum Gasteiger partial charge on any atom is -1.00 e. The van der Waals surface area contributed by atoms with Gasteiger partial charge in [0.25, 0.3) is 5.91 Å². The molecule has 1 aromatic heterocycles. The van der Waals surface area contributed by atoms with E-state index in [1.807, 2.05) is 51.5 Å². The second-order valence-corrected chi connectivity index (χ2v) is 8.31. The van der Waals surface area contributed by atoms with Gasteiger partial charge in [-0.05, 0) is 37.3 Å². The third-order valence-electron chi connectivity index (χ3n) is 4.54. The van der Waals surface area contributed by atoms with Gasteiger partial charge in [0.1, 0.15) is 30.3 Å². The van der Waals surface area contributed by atoms with Crippen molar-refractivity contribution < 1.29 is 52.6 Å². The Morgan fingerprint density at radius 1 is 1.03 bits per heavy atom. The molecule has 0 saturated carbocycles. The van der Waals surface area contributed by atoms with E-state index in [4.69, 9.17) is 9.47 Å². The number of benzene rings is 2. The van der Waals surface area contributed by atoms with Crippen LogP contribution in [0.5, 0.6) is 17.2 Å². The number of amides is 1. The predicted octanol–water partition coefficient (Wildman–Crippen LogP) is 0.236. The highest BCUT2D eigenvalue weighted by Crippen LogP contribution is 2.34. The number of ether oxygens (including phenoxy) is 2. The summed E-state index contributed by atoms with van der Waals surface area (Å²) in [5, 5.41) is 14.4. The van der Waals surface area contributed by atoms with E-state index in [2.05, 4.69) is 10.3 Å². The zero-order valence-electron chi connectivity index (χ0n) is 19.1. The molecule has 176 valence electrons. The number of fused-ring (bicyclic) bond motifs is 1. The number of nitrogens with zero attached hydrogens (tertiary/aromatic N) is 2. The Morgan fingerprint density at radius 2 is 1.73 bits per heavy atom. The van der Waals surface area contributed by atoms with Gasteiger partial charge in [0, 0.05) is 10.8 Å². The summed E-state index contributed by atoms with van der Waals surface area (Å²) in [6.45, 7) is 2.10. The normalized spacial score (nSPS) is 10.9. The van der Waals surface area contributed by atoms with E-state index in [9.17, 15) is 14.7 Å². The molecule has 0 atom stereocenters. The van der Waals surface area contributed by atoms with Gasteiger partial charge in [-0.2, -0.15) is 0 Å². The van der Waals surface area contributed by atoms with Crippen molar-refractivity contribution in [3.8, 4) is 17.2 Å². The molecule has 0 radical (unpaired) electrons. The Kier molecular flexibility index (Phi) is 9.00. The lowest BCUT2D eigenvalue weighted by Crippen LogP contribution is -3.00. The zero-order valence-corrected chi connectivity index (χ0v) is 21.3. The van der Waals surface area contributed by atoms with Crippen molar-refractivity contribution in [3.63, 3.8) is 0 Å². The Morgan fingerprint density at radius 3 is 2.36 bits per heavy atom. The number of nitrogens with one attached hydrogen (secondary N) is 1. The number of quaternary nitrogens is 1. The van der Waals surface area contributed by atoms with Crippen molar-refractivity contribution in [1.29, 1.82) is 0 Å². The molecule has 3 aromatic rings. The van der Waals surface area contributed by atoms with Crippen LogP contribution in [0.15, 0.2) is 48.5 Å². The minimum atomic E-state index is -0.648. The fourth-order valence-corrected chi connectivity index (χ4v) is 3.21. The molecule has 0 bridgehead atoms. The fraction of sp³-hybridized carbons (Fsp3) is 0.292. The van der Waals surface area contributed by atoms with Crippen LogP contribution in [0.25, 0.3) is 10.8 Å². The van der Waals surface area contributed by atoms with E-state index >= 15 is 0 Å². The number of carbonyl (C=O) groups is 2. The molecule has 3 rings (SSSR count). The maximum Gasteiger partial charge on any atom is 0.325 e. The van der Waals surface area contributed by atoms with Gasteiger partial charge in [-0.15, -0.1) is 0 Å². The molecule has 1 amide bonds. The van der Waals surface area contributed by atoms with Gasteiger partial charge in [0.05, 0.1) is 27.7 Å². The number of hydrogen-bond donors (Lipinski definition) is 2. The van der Waals surface area contributed by atoms with Crippen LogP contribution in [0, 0.1) is 0 Å². The lowest BCUT2D eigenvalue weighted by molar-refractivity contribution is -0.884. The number of aromatic hydroxyl groups is 1. The van der Waals surface area contributed by atoms with E-state index < -0.39 is 11.9 Å². The number of pyridine rings is 1. The highest BCUT2D eigenvalue weighted by atomic mass is 127. The number of para-hydroxylation sites is 1. The summed E-state index contributed by atoms with van der Waals surface area (Å²) in [6, 6.07) is 14.6. The minimum absolute atomic E-state index is 0. The van der Waals surface area contributed by atoms with E-state index in [1.54, 1.807) is 25.1 Å². The van der Waals surface area contributed by atoms with Crippen LogP contribution in [0.4, 0.5) is 0 Å². The molecular weight excluding hydrogens is 537 g/mol. The number of hydrogen-bond acceptors (Lipinski definition) is 6. The smallest absolute Gasteiger partial charge is 0.325 e. The van der Waals surface area contributed by atoms with Gasteiger partial charge in [-0.25, -0.2) is 4.98 Å². The number of halogens is 1. The quantitative estimate of drug-likeness (QED) is 0.231. The highest BCUT2D eigenvalue weighted by molar-refractivity contribution is 6.03. The van der Waals surface area contributed by atoms with Crippen molar-refractivity contribution in [2.75, 3.05) is 34.3 Å². The maximum absolute atomic E-state index is 12.7. The second kappa shape index (κ2) is 11.3. The molecule has 0 unspecified atom stereocenters. The lowest BCUT2D eigenvalue weighted by atomic mass is 10.1. The van der Waals surface area contributed by atoms with Crippen molar-refractivity contribution in [2.24, 2.45) is 0 Å². The van der Waals surface area contributed by atoms with E-state index in [0.717, 1.165) is 0 Å². The van der Waals surface area contributed by atoms with Crippen molar-refractivity contribution in [2.45, 2.75) is 13.5 Å². The number of esters is 1. The maximum atomic E-state index is 12.7. The Bertz CT molecular complexity index is 1130. The van der Waals surface area contributed by atoms with Gasteiger partial charge in [0.15, 0.2) is 11.4 Å². The average Bonchev–Trinajstić information content (AvgIpc) is 2.74. The first-order chi connectivity index (χ1) is 15.2. The first-order valence-corrected chi connectivity index (χ1v) is 10.3. The van der Waals surface area contributed by atoms with Gasteiger partial charge >= 0.3 is 5.97 Å². The molecule has 0 aliphatic rings. The molecule has 0 aliphatic heterocycles. The van der Waals surface area contributed by atoms with Crippen molar-refractivity contribution in [1.82, 2.24) is 10.3 Å². The molecule has 1 heterocycles. The van der Waals surface area contributed by atoms with E-state index in [-0.39, 0.29) is 48.6 Å². The third-order valence-corrected chi connectivity index (χ3v) is 4.54. The first-order valence-electron chi connectivity index (χ1n) is 10.3. The first kappa shape index (κ1) is 26.3. The predicted molar refractivity (Wildman–Crippen MR) is 121 cm³/mol. The van der Waals surface area contributed by atoms with Crippen molar-refractivity contribution in [3.05, 3.63) is 59.9 Å². The molecule has 2 aromatic carbocycles. The van der Waals surface area contributed by atoms with Crippen LogP contribution < -0.4 is 34.0 Å². The van der Waals surface area contributed by atoms with Crippen LogP contribution in [-0.2, 0) is 16.1 Å². The monoisotopic (exact) mass is 565 g/mol. The second-order valence-electron chi connectivity index (χ2n) is 8.31. The fourth-order valence-electron chi connectivity index (χ4n) is 3.21. The summed E-state index contributed by atoms with van der Waals surface area (Å²) in [5.41, 5.74) is 0.493. The van der Waals surface area contributed by atoms with Gasteiger partial charge < -0.3 is 48.4 Å². The summed E-state index contributed by atoms with van der Waals surface area (Å²) in [7, 11) is 6.02. The Balaban J connectivity index is 0.00000385.